The number of primary amides is 1. The third-order valence-electron chi connectivity index (χ3n) is 5.96. The van der Waals surface area contributed by atoms with Gasteiger partial charge in [-0.1, -0.05) is 20.8 Å². The summed E-state index contributed by atoms with van der Waals surface area (Å²) >= 11 is 0. The molecule has 0 aromatic carbocycles. The zero-order chi connectivity index (χ0) is 13.9. The molecule has 2 aliphatic carbocycles. The van der Waals surface area contributed by atoms with E-state index in [4.69, 9.17) is 5.73 Å². The molecule has 4 unspecified atom stereocenters. The van der Waals surface area contributed by atoms with Gasteiger partial charge in [-0.3, -0.25) is 14.5 Å². The van der Waals surface area contributed by atoms with E-state index < -0.39 is 6.04 Å². The number of carbonyl (C=O) groups is 2. The highest BCUT2D eigenvalue weighted by molar-refractivity contribution is 5.95. The second kappa shape index (κ2) is 3.80. The first-order valence-electron chi connectivity index (χ1n) is 6.70. The number of nitrogens with zero attached hydrogens (tertiary/aromatic N) is 1. The first-order valence-corrected chi connectivity index (χ1v) is 6.70. The molecule has 2 rings (SSSR count). The van der Waals surface area contributed by atoms with Crippen LogP contribution < -0.4 is 5.73 Å². The first kappa shape index (κ1) is 13.5. The minimum absolute atomic E-state index is 0.0143. The number of likely N-dealkylation sites (N-methyl/N-ethyl adjacent to an activating group) is 1. The van der Waals surface area contributed by atoms with Crippen molar-refractivity contribution in [3.05, 3.63) is 0 Å². The summed E-state index contributed by atoms with van der Waals surface area (Å²) in [5.74, 6) is 0.261. The second-order valence-electron chi connectivity index (χ2n) is 6.75. The Morgan fingerprint density at radius 2 is 2.00 bits per heavy atom. The lowest BCUT2D eigenvalue weighted by Crippen LogP contribution is -2.52. The number of hydrogen-bond donors (Lipinski definition) is 1. The van der Waals surface area contributed by atoms with E-state index in [1.807, 2.05) is 11.9 Å². The average molecular weight is 252 g/mol. The summed E-state index contributed by atoms with van der Waals surface area (Å²) < 4.78 is 0. The summed E-state index contributed by atoms with van der Waals surface area (Å²) in [6.45, 7) is 8.23. The number of fused-ring (bicyclic) bond motifs is 2. The van der Waals surface area contributed by atoms with E-state index >= 15 is 0 Å². The summed E-state index contributed by atoms with van der Waals surface area (Å²) in [5.41, 5.74) is 5.13. The molecular weight excluding hydrogens is 228 g/mol. The number of rotatable bonds is 3. The molecule has 4 heteroatoms. The van der Waals surface area contributed by atoms with E-state index in [9.17, 15) is 9.59 Å². The number of amides is 1. The monoisotopic (exact) mass is 252 g/mol. The van der Waals surface area contributed by atoms with Crippen LogP contribution in [0.25, 0.3) is 0 Å². The van der Waals surface area contributed by atoms with Crippen molar-refractivity contribution in [3.63, 3.8) is 0 Å². The number of carbonyl (C=O) groups excluding carboxylic acids is 2. The summed E-state index contributed by atoms with van der Waals surface area (Å²) in [5, 5.41) is 0. The Balaban J connectivity index is 2.33. The fraction of sp³-hybridized carbons (Fsp3) is 0.857. The molecule has 2 bridgehead atoms. The van der Waals surface area contributed by atoms with Crippen LogP contribution in [0.2, 0.25) is 0 Å². The molecule has 0 radical (unpaired) electrons. The van der Waals surface area contributed by atoms with Crippen molar-refractivity contribution in [2.45, 2.75) is 52.6 Å². The van der Waals surface area contributed by atoms with E-state index in [2.05, 4.69) is 20.8 Å². The minimum atomic E-state index is -0.391. The Kier molecular flexibility index (Phi) is 2.85. The molecule has 0 spiro atoms. The van der Waals surface area contributed by atoms with Gasteiger partial charge < -0.3 is 5.73 Å². The van der Waals surface area contributed by atoms with Gasteiger partial charge in [0, 0.05) is 5.41 Å². The molecule has 1 amide bonds. The smallest absolute Gasteiger partial charge is 0.234 e. The Morgan fingerprint density at radius 1 is 1.44 bits per heavy atom. The number of Topliss-reactive ketones (excluding diaryl/α,β-unsaturated/α-hetero) is 1. The highest BCUT2D eigenvalue weighted by Crippen LogP contribution is 2.64. The average Bonchev–Trinajstić information content (AvgIpc) is 2.59. The molecule has 0 aliphatic heterocycles. The lowest BCUT2D eigenvalue weighted by molar-refractivity contribution is -0.134. The molecular formula is C14H24N2O2. The SMILES string of the molecule is CC(C(N)=O)N(C)C1C(=O)C2(C)CCC1C2(C)C. The topological polar surface area (TPSA) is 63.4 Å². The van der Waals surface area contributed by atoms with E-state index in [-0.39, 0.29) is 22.8 Å². The van der Waals surface area contributed by atoms with Crippen molar-refractivity contribution in [2.24, 2.45) is 22.5 Å². The molecule has 2 fully saturated rings. The Bertz CT molecular complexity index is 405. The van der Waals surface area contributed by atoms with Crippen LogP contribution in [0, 0.1) is 16.7 Å². The first-order chi connectivity index (χ1) is 8.14. The van der Waals surface area contributed by atoms with Gasteiger partial charge in [-0.2, -0.15) is 0 Å². The standard InChI is InChI=1S/C14H24N2O2/c1-8(12(15)18)16(5)10-9-6-7-14(4,11(10)17)13(9,2)3/h8-10H,6-7H2,1-5H3,(H2,15,18). The summed E-state index contributed by atoms with van der Waals surface area (Å²) in [6.07, 6.45) is 2.04. The maximum Gasteiger partial charge on any atom is 0.234 e. The normalized spacial score (nSPS) is 39.3. The predicted molar refractivity (Wildman–Crippen MR) is 69.8 cm³/mol. The summed E-state index contributed by atoms with van der Waals surface area (Å²) in [6, 6.07) is -0.543. The van der Waals surface area contributed by atoms with Crippen LogP contribution in [0.5, 0.6) is 0 Å². The van der Waals surface area contributed by atoms with Gasteiger partial charge in [0.2, 0.25) is 5.91 Å². The van der Waals surface area contributed by atoms with Crippen molar-refractivity contribution in [2.75, 3.05) is 7.05 Å². The van der Waals surface area contributed by atoms with Crippen LogP contribution >= 0.6 is 0 Å². The van der Waals surface area contributed by atoms with E-state index in [0.29, 0.717) is 11.7 Å². The molecule has 0 heterocycles. The molecule has 2 aliphatic rings. The quantitative estimate of drug-likeness (QED) is 0.820. The van der Waals surface area contributed by atoms with Gasteiger partial charge in [-0.05, 0) is 38.1 Å². The second-order valence-corrected chi connectivity index (χ2v) is 6.75. The Morgan fingerprint density at radius 3 is 2.39 bits per heavy atom. The largest absolute Gasteiger partial charge is 0.368 e. The minimum Gasteiger partial charge on any atom is -0.368 e. The molecule has 102 valence electrons. The third kappa shape index (κ3) is 1.41. The van der Waals surface area contributed by atoms with Gasteiger partial charge in [-0.25, -0.2) is 0 Å². The predicted octanol–water partition coefficient (Wildman–Crippen LogP) is 1.19. The Labute approximate surface area is 109 Å². The third-order valence-corrected chi connectivity index (χ3v) is 5.96. The van der Waals surface area contributed by atoms with Crippen molar-refractivity contribution < 1.29 is 9.59 Å². The van der Waals surface area contributed by atoms with Gasteiger partial charge in [0.05, 0.1) is 12.1 Å². The summed E-state index contributed by atoms with van der Waals surface area (Å²) in [4.78, 5) is 25.9. The summed E-state index contributed by atoms with van der Waals surface area (Å²) in [7, 11) is 1.85. The molecule has 2 N–H and O–H groups in total. The molecule has 0 aromatic heterocycles. The fourth-order valence-electron chi connectivity index (χ4n) is 3.95. The molecule has 4 nitrogen and oxygen atoms in total. The van der Waals surface area contributed by atoms with Crippen molar-refractivity contribution in [1.29, 1.82) is 0 Å². The van der Waals surface area contributed by atoms with Gasteiger partial charge in [0.1, 0.15) is 0 Å². The zero-order valence-electron chi connectivity index (χ0n) is 12.0. The highest BCUT2D eigenvalue weighted by Gasteiger charge is 2.67. The molecule has 4 atom stereocenters. The van der Waals surface area contributed by atoms with Crippen molar-refractivity contribution >= 4 is 11.7 Å². The van der Waals surface area contributed by atoms with Crippen LogP contribution in [0.15, 0.2) is 0 Å². The number of nitrogens with two attached hydrogens (primary N) is 1. The van der Waals surface area contributed by atoms with Gasteiger partial charge in [-0.15, -0.1) is 0 Å². The van der Waals surface area contributed by atoms with Crippen LogP contribution in [-0.4, -0.2) is 35.7 Å². The van der Waals surface area contributed by atoms with Crippen LogP contribution in [0.4, 0.5) is 0 Å². The maximum atomic E-state index is 12.7. The van der Waals surface area contributed by atoms with E-state index in [1.54, 1.807) is 6.92 Å². The van der Waals surface area contributed by atoms with Crippen LogP contribution in [0.1, 0.15) is 40.5 Å². The maximum absolute atomic E-state index is 12.7. The van der Waals surface area contributed by atoms with Gasteiger partial charge in [0.25, 0.3) is 0 Å². The lowest BCUT2D eigenvalue weighted by atomic mass is 9.70. The Hall–Kier alpha value is -0.900. The number of hydrogen-bond acceptors (Lipinski definition) is 3. The zero-order valence-corrected chi connectivity index (χ0v) is 12.0. The molecule has 0 aromatic rings. The molecule has 18 heavy (non-hydrogen) atoms. The van der Waals surface area contributed by atoms with Gasteiger partial charge in [0.15, 0.2) is 5.78 Å². The fourth-order valence-corrected chi connectivity index (χ4v) is 3.95. The highest BCUT2D eigenvalue weighted by atomic mass is 16.2. The molecule has 0 saturated heterocycles. The van der Waals surface area contributed by atoms with Gasteiger partial charge >= 0.3 is 0 Å². The van der Waals surface area contributed by atoms with Crippen molar-refractivity contribution in [1.82, 2.24) is 4.90 Å². The number of ketones is 1. The van der Waals surface area contributed by atoms with Crippen molar-refractivity contribution in [3.8, 4) is 0 Å². The molecule has 2 saturated carbocycles. The van der Waals surface area contributed by atoms with Crippen LogP contribution in [0.3, 0.4) is 0 Å². The van der Waals surface area contributed by atoms with E-state index in [1.165, 1.54) is 0 Å². The lowest BCUT2D eigenvalue weighted by Gasteiger charge is -2.34. The van der Waals surface area contributed by atoms with Crippen LogP contribution in [-0.2, 0) is 9.59 Å². The van der Waals surface area contributed by atoms with E-state index in [0.717, 1.165) is 12.8 Å².